The van der Waals surface area contributed by atoms with Crippen molar-refractivity contribution in [3.05, 3.63) is 59.7 Å². The van der Waals surface area contributed by atoms with Crippen LogP contribution in [-0.2, 0) is 4.79 Å². The molecule has 2 aromatic rings. The fourth-order valence-corrected chi connectivity index (χ4v) is 2.80. The van der Waals surface area contributed by atoms with Gasteiger partial charge in [0.2, 0.25) is 12.7 Å². The maximum atomic E-state index is 11.9. The summed E-state index contributed by atoms with van der Waals surface area (Å²) in [6, 6.07) is 13.1. The van der Waals surface area contributed by atoms with Crippen molar-refractivity contribution in [1.29, 1.82) is 0 Å². The van der Waals surface area contributed by atoms with Gasteiger partial charge < -0.3 is 19.9 Å². The van der Waals surface area contributed by atoms with Crippen LogP contribution in [0, 0.1) is 0 Å². The first-order valence-electron chi connectivity index (χ1n) is 7.83. The van der Waals surface area contributed by atoms with Gasteiger partial charge in [0.15, 0.2) is 11.5 Å². The quantitative estimate of drug-likeness (QED) is 0.614. The van der Waals surface area contributed by atoms with Crippen molar-refractivity contribution in [2.75, 3.05) is 19.6 Å². The van der Waals surface area contributed by atoms with E-state index in [1.54, 1.807) is 17.8 Å². The van der Waals surface area contributed by atoms with Crippen molar-refractivity contribution in [3.63, 3.8) is 0 Å². The van der Waals surface area contributed by atoms with Gasteiger partial charge in [0, 0.05) is 17.5 Å². The first-order valence-corrected chi connectivity index (χ1v) is 9.06. The van der Waals surface area contributed by atoms with E-state index in [1.165, 1.54) is 6.08 Å². The third kappa shape index (κ3) is 4.55. The normalized spacial score (nSPS) is 13.8. The Balaban J connectivity index is 1.51. The van der Waals surface area contributed by atoms with E-state index in [1.807, 2.05) is 48.7 Å². The average Bonchev–Trinajstić information content (AvgIpc) is 3.12. The minimum atomic E-state index is -0.737. The van der Waals surface area contributed by atoms with E-state index < -0.39 is 6.10 Å². The number of hydrogen-bond donors (Lipinski definition) is 2. The number of carbonyl (C=O) groups excluding carboxylic acids is 1. The van der Waals surface area contributed by atoms with Crippen LogP contribution in [0.1, 0.15) is 17.2 Å². The Morgan fingerprint density at radius 3 is 2.76 bits per heavy atom. The lowest BCUT2D eigenvalue weighted by molar-refractivity contribution is -0.116. The number of aliphatic hydroxyl groups excluding tert-OH is 1. The summed E-state index contributed by atoms with van der Waals surface area (Å²) in [7, 11) is 0. The van der Waals surface area contributed by atoms with Crippen LogP contribution in [0.5, 0.6) is 11.5 Å². The molecule has 5 nitrogen and oxygen atoms in total. The molecule has 0 radical (unpaired) electrons. The summed E-state index contributed by atoms with van der Waals surface area (Å²) in [5.41, 5.74) is 1.62. The predicted octanol–water partition coefficient (Wildman–Crippen LogP) is 3.00. The fraction of sp³-hybridized carbons (Fsp3) is 0.211. The van der Waals surface area contributed by atoms with Gasteiger partial charge in [0.05, 0.1) is 6.10 Å². The number of fused-ring (bicyclic) bond motifs is 1. The minimum Gasteiger partial charge on any atom is -0.454 e. The van der Waals surface area contributed by atoms with Crippen molar-refractivity contribution < 1.29 is 19.4 Å². The van der Waals surface area contributed by atoms with E-state index in [0.29, 0.717) is 11.5 Å². The molecule has 1 heterocycles. The Kier molecular flexibility index (Phi) is 5.63. The van der Waals surface area contributed by atoms with Gasteiger partial charge in [-0.25, -0.2) is 0 Å². The Morgan fingerprint density at radius 1 is 1.24 bits per heavy atom. The maximum absolute atomic E-state index is 11.9. The Labute approximate surface area is 150 Å². The van der Waals surface area contributed by atoms with E-state index in [-0.39, 0.29) is 19.2 Å². The fourth-order valence-electron chi connectivity index (χ4n) is 2.39. The van der Waals surface area contributed by atoms with E-state index in [2.05, 4.69) is 5.32 Å². The molecule has 3 rings (SSSR count). The summed E-state index contributed by atoms with van der Waals surface area (Å²) in [5, 5.41) is 12.8. The van der Waals surface area contributed by atoms with Crippen LogP contribution in [0.2, 0.25) is 0 Å². The molecule has 0 aromatic heterocycles. The largest absolute Gasteiger partial charge is 0.454 e. The molecule has 1 aliphatic heterocycles. The lowest BCUT2D eigenvalue weighted by Gasteiger charge is -2.11. The van der Waals surface area contributed by atoms with Gasteiger partial charge in [-0.2, -0.15) is 0 Å². The number of rotatable bonds is 6. The molecule has 0 aliphatic carbocycles. The number of hydrogen-bond acceptors (Lipinski definition) is 5. The predicted molar refractivity (Wildman–Crippen MR) is 97.8 cm³/mol. The zero-order chi connectivity index (χ0) is 17.6. The van der Waals surface area contributed by atoms with Gasteiger partial charge in [-0.1, -0.05) is 18.2 Å². The Morgan fingerprint density at radius 2 is 2.00 bits per heavy atom. The van der Waals surface area contributed by atoms with Crippen LogP contribution in [0.4, 0.5) is 0 Å². The highest BCUT2D eigenvalue weighted by Gasteiger charge is 2.12. The summed E-state index contributed by atoms with van der Waals surface area (Å²) in [6.07, 6.45) is 4.38. The lowest BCUT2D eigenvalue weighted by atomic mass is 10.1. The first kappa shape index (κ1) is 17.4. The highest BCUT2D eigenvalue weighted by Crippen LogP contribution is 2.32. The monoisotopic (exact) mass is 357 g/mol. The summed E-state index contributed by atoms with van der Waals surface area (Å²) in [4.78, 5) is 13.0. The third-order valence-electron chi connectivity index (χ3n) is 3.79. The van der Waals surface area contributed by atoms with E-state index in [0.717, 1.165) is 16.0 Å². The van der Waals surface area contributed by atoms with Crippen molar-refractivity contribution in [1.82, 2.24) is 5.32 Å². The number of amides is 1. The molecule has 2 N–H and O–H groups in total. The molecule has 2 aromatic carbocycles. The minimum absolute atomic E-state index is 0.156. The summed E-state index contributed by atoms with van der Waals surface area (Å²) in [5.74, 6) is 1.11. The molecule has 0 saturated carbocycles. The number of aliphatic hydroxyl groups is 1. The van der Waals surface area contributed by atoms with Gasteiger partial charge in [0.25, 0.3) is 0 Å². The van der Waals surface area contributed by atoms with Crippen LogP contribution in [-0.4, -0.2) is 30.6 Å². The molecular weight excluding hydrogens is 338 g/mol. The Hall–Kier alpha value is -2.44. The zero-order valence-electron chi connectivity index (χ0n) is 13.8. The van der Waals surface area contributed by atoms with Crippen molar-refractivity contribution >= 4 is 23.7 Å². The Bertz CT molecular complexity index is 773. The summed E-state index contributed by atoms with van der Waals surface area (Å²) < 4.78 is 10.5. The molecule has 25 heavy (non-hydrogen) atoms. The second-order valence-corrected chi connectivity index (χ2v) is 6.36. The maximum Gasteiger partial charge on any atom is 0.244 e. The topological polar surface area (TPSA) is 67.8 Å². The summed E-state index contributed by atoms with van der Waals surface area (Å²) in [6.45, 7) is 0.377. The molecule has 130 valence electrons. The van der Waals surface area contributed by atoms with Crippen molar-refractivity contribution in [3.8, 4) is 11.5 Å². The van der Waals surface area contributed by atoms with Gasteiger partial charge >= 0.3 is 0 Å². The molecule has 1 atom stereocenters. The van der Waals surface area contributed by atoms with Gasteiger partial charge in [-0.15, -0.1) is 11.8 Å². The molecule has 0 bridgehead atoms. The number of nitrogens with one attached hydrogen (secondary N) is 1. The van der Waals surface area contributed by atoms with Crippen LogP contribution in [0.3, 0.4) is 0 Å². The van der Waals surface area contributed by atoms with Gasteiger partial charge in [-0.3, -0.25) is 4.79 Å². The van der Waals surface area contributed by atoms with Crippen LogP contribution >= 0.6 is 11.8 Å². The van der Waals surface area contributed by atoms with Crippen LogP contribution < -0.4 is 14.8 Å². The standard InChI is InChI=1S/C19H19NO4S/c1-25-15-6-4-14(5-7-15)16(21)11-20-19(22)9-3-13-2-8-17-18(10-13)24-12-23-17/h2-10,16,21H,11-12H2,1H3,(H,20,22)/b9-3+/t16-/m1/s1. The van der Waals surface area contributed by atoms with Crippen LogP contribution in [0.25, 0.3) is 6.08 Å². The van der Waals surface area contributed by atoms with Crippen molar-refractivity contribution in [2.24, 2.45) is 0 Å². The molecule has 0 unspecified atom stereocenters. The van der Waals surface area contributed by atoms with Crippen LogP contribution in [0.15, 0.2) is 53.4 Å². The number of thioether (sulfide) groups is 1. The molecule has 1 amide bonds. The molecule has 1 aliphatic rings. The molecule has 0 saturated heterocycles. The highest BCUT2D eigenvalue weighted by molar-refractivity contribution is 7.98. The van der Waals surface area contributed by atoms with E-state index in [9.17, 15) is 9.90 Å². The van der Waals surface area contributed by atoms with Crippen molar-refractivity contribution in [2.45, 2.75) is 11.0 Å². The second-order valence-electron chi connectivity index (χ2n) is 5.48. The molecule has 0 fully saturated rings. The van der Waals surface area contributed by atoms with Gasteiger partial charge in [-0.05, 0) is 47.7 Å². The number of carbonyl (C=O) groups is 1. The number of ether oxygens (including phenoxy) is 2. The smallest absolute Gasteiger partial charge is 0.244 e. The SMILES string of the molecule is CSc1ccc([C@H](O)CNC(=O)/C=C/c2ccc3c(c2)OCO3)cc1. The molecule has 6 heteroatoms. The second kappa shape index (κ2) is 8.09. The molecular formula is C19H19NO4S. The van der Waals surface area contributed by atoms with Gasteiger partial charge in [0.1, 0.15) is 0 Å². The van der Waals surface area contributed by atoms with E-state index >= 15 is 0 Å². The average molecular weight is 357 g/mol. The first-order chi connectivity index (χ1) is 12.2. The third-order valence-corrected chi connectivity index (χ3v) is 4.54. The highest BCUT2D eigenvalue weighted by atomic mass is 32.2. The van der Waals surface area contributed by atoms with E-state index in [4.69, 9.17) is 9.47 Å². The molecule has 0 spiro atoms. The summed E-state index contributed by atoms with van der Waals surface area (Å²) >= 11 is 1.64. The lowest BCUT2D eigenvalue weighted by Crippen LogP contribution is -2.26. The number of benzene rings is 2. The zero-order valence-corrected chi connectivity index (χ0v) is 14.6.